The van der Waals surface area contributed by atoms with Gasteiger partial charge in [0.1, 0.15) is 23.9 Å². The molecule has 3 heteroatoms. The molecule has 0 heterocycles. The molecule has 0 amide bonds. The molecule has 0 spiro atoms. The highest BCUT2D eigenvalue weighted by Gasteiger charge is 2.09. The molecule has 3 nitrogen and oxygen atoms in total. The number of phenols is 2. The quantitative estimate of drug-likeness (QED) is 0.811. The van der Waals surface area contributed by atoms with E-state index >= 15 is 0 Å². The molecule has 2 rings (SSSR count). The summed E-state index contributed by atoms with van der Waals surface area (Å²) in [4.78, 5) is 0. The monoisotopic (exact) mass is 240 g/mol. The Morgan fingerprint density at radius 1 is 1.00 bits per heavy atom. The largest absolute Gasteiger partial charge is 0.507 e. The van der Waals surface area contributed by atoms with Gasteiger partial charge in [-0.15, -0.1) is 6.42 Å². The first-order valence-electron chi connectivity index (χ1n) is 5.40. The second-order valence-electron chi connectivity index (χ2n) is 3.69. The summed E-state index contributed by atoms with van der Waals surface area (Å²) < 4.78 is 5.28. The Labute approximate surface area is 105 Å². The summed E-state index contributed by atoms with van der Waals surface area (Å²) in [7, 11) is 0. The zero-order chi connectivity index (χ0) is 13.0. The zero-order valence-electron chi connectivity index (χ0n) is 9.63. The molecule has 0 aromatic heterocycles. The maximum atomic E-state index is 9.83. The Bertz CT molecular complexity index is 597. The van der Waals surface area contributed by atoms with Crippen LogP contribution in [0.15, 0.2) is 42.5 Å². The highest BCUT2D eigenvalue weighted by atomic mass is 16.5. The molecular formula is C15H12O3. The average molecular weight is 240 g/mol. The van der Waals surface area contributed by atoms with Gasteiger partial charge in [0.25, 0.3) is 0 Å². The fourth-order valence-electron chi connectivity index (χ4n) is 1.65. The molecule has 0 aliphatic heterocycles. The van der Waals surface area contributed by atoms with Crippen LogP contribution in [-0.4, -0.2) is 16.8 Å². The molecule has 2 N–H and O–H groups in total. The summed E-state index contributed by atoms with van der Waals surface area (Å²) in [6.07, 6.45) is 5.12. The molecule has 0 aliphatic rings. The first-order valence-corrected chi connectivity index (χ1v) is 5.40. The van der Waals surface area contributed by atoms with Crippen molar-refractivity contribution in [3.8, 4) is 40.7 Å². The van der Waals surface area contributed by atoms with Gasteiger partial charge in [-0.2, -0.15) is 0 Å². The minimum absolute atomic E-state index is 0.0737. The van der Waals surface area contributed by atoms with Crippen LogP contribution in [0, 0.1) is 12.3 Å². The van der Waals surface area contributed by atoms with Crippen molar-refractivity contribution in [2.24, 2.45) is 0 Å². The van der Waals surface area contributed by atoms with Gasteiger partial charge >= 0.3 is 0 Å². The maximum Gasteiger partial charge on any atom is 0.148 e. The van der Waals surface area contributed by atoms with Gasteiger partial charge in [0.05, 0.1) is 0 Å². The van der Waals surface area contributed by atoms with Gasteiger partial charge in [0.15, 0.2) is 0 Å². The fourth-order valence-corrected chi connectivity index (χ4v) is 1.65. The van der Waals surface area contributed by atoms with Gasteiger partial charge in [-0.25, -0.2) is 0 Å². The molecule has 0 bridgehead atoms. The lowest BCUT2D eigenvalue weighted by atomic mass is 10.0. The molecule has 0 saturated heterocycles. The number of terminal acetylenes is 1. The van der Waals surface area contributed by atoms with E-state index in [0.29, 0.717) is 16.9 Å². The van der Waals surface area contributed by atoms with Gasteiger partial charge < -0.3 is 14.9 Å². The lowest BCUT2D eigenvalue weighted by molar-refractivity contribution is 0.369. The van der Waals surface area contributed by atoms with Gasteiger partial charge in [0.2, 0.25) is 0 Å². The van der Waals surface area contributed by atoms with E-state index in [2.05, 4.69) is 5.92 Å². The van der Waals surface area contributed by atoms with Gasteiger partial charge in [-0.05, 0) is 24.3 Å². The Balaban J connectivity index is 2.44. The Kier molecular flexibility index (Phi) is 3.40. The average Bonchev–Trinajstić information content (AvgIpc) is 2.39. The van der Waals surface area contributed by atoms with Crippen molar-refractivity contribution in [3.63, 3.8) is 0 Å². The lowest BCUT2D eigenvalue weighted by Gasteiger charge is -2.09. The minimum atomic E-state index is 0.0737. The second kappa shape index (κ2) is 5.15. The normalized spacial score (nSPS) is 9.72. The predicted molar refractivity (Wildman–Crippen MR) is 69.5 cm³/mol. The number of hydrogen-bond donors (Lipinski definition) is 2. The molecule has 18 heavy (non-hydrogen) atoms. The van der Waals surface area contributed by atoms with Crippen LogP contribution in [0.2, 0.25) is 0 Å². The number of ether oxygens (including phenoxy) is 1. The van der Waals surface area contributed by atoms with Gasteiger partial charge in [-0.1, -0.05) is 24.1 Å². The van der Waals surface area contributed by atoms with Crippen molar-refractivity contribution < 1.29 is 14.9 Å². The smallest absolute Gasteiger partial charge is 0.148 e. The highest BCUT2D eigenvalue weighted by molar-refractivity contribution is 5.76. The molecule has 0 fully saturated rings. The van der Waals surface area contributed by atoms with E-state index in [1.807, 2.05) is 0 Å². The number of para-hydroxylation sites is 1. The standard InChI is InChI=1S/C15H12O3/c1-2-9-18-11-7-8-15(17)13(10-11)12-5-3-4-6-14(12)16/h1,3-8,10,16-17H,9H2. The van der Waals surface area contributed by atoms with Crippen molar-refractivity contribution in [2.75, 3.05) is 6.61 Å². The van der Waals surface area contributed by atoms with Crippen molar-refractivity contribution >= 4 is 0 Å². The van der Waals surface area contributed by atoms with Crippen LogP contribution in [0.4, 0.5) is 0 Å². The zero-order valence-corrected chi connectivity index (χ0v) is 9.63. The Morgan fingerprint density at radius 3 is 2.44 bits per heavy atom. The number of phenolic OH excluding ortho intramolecular Hbond substituents is 2. The van der Waals surface area contributed by atoms with Crippen molar-refractivity contribution in [1.82, 2.24) is 0 Å². The summed E-state index contributed by atoms with van der Waals surface area (Å²) >= 11 is 0. The number of rotatable bonds is 3. The fraction of sp³-hybridized carbons (Fsp3) is 0.0667. The van der Waals surface area contributed by atoms with Crippen LogP contribution in [-0.2, 0) is 0 Å². The van der Waals surface area contributed by atoms with Gasteiger partial charge in [0, 0.05) is 11.1 Å². The SMILES string of the molecule is C#CCOc1ccc(O)c(-c2ccccc2O)c1. The van der Waals surface area contributed by atoms with Crippen molar-refractivity contribution in [1.29, 1.82) is 0 Å². The van der Waals surface area contributed by atoms with E-state index in [1.165, 1.54) is 6.07 Å². The van der Waals surface area contributed by atoms with Crippen LogP contribution < -0.4 is 4.74 Å². The summed E-state index contributed by atoms with van der Waals surface area (Å²) in [5, 5.41) is 19.6. The minimum Gasteiger partial charge on any atom is -0.507 e. The number of benzene rings is 2. The van der Waals surface area contributed by atoms with E-state index in [-0.39, 0.29) is 18.1 Å². The van der Waals surface area contributed by atoms with Gasteiger partial charge in [-0.3, -0.25) is 0 Å². The lowest BCUT2D eigenvalue weighted by Crippen LogP contribution is -1.93. The summed E-state index contributed by atoms with van der Waals surface area (Å²) in [6, 6.07) is 11.5. The summed E-state index contributed by atoms with van der Waals surface area (Å²) in [5.74, 6) is 3.09. The molecule has 90 valence electrons. The van der Waals surface area contributed by atoms with E-state index in [4.69, 9.17) is 11.2 Å². The Morgan fingerprint density at radius 2 is 1.72 bits per heavy atom. The van der Waals surface area contributed by atoms with E-state index in [0.717, 1.165) is 0 Å². The molecule has 0 saturated carbocycles. The first kappa shape index (κ1) is 11.9. The summed E-state index contributed by atoms with van der Waals surface area (Å²) in [5.41, 5.74) is 1.05. The molecule has 0 aliphatic carbocycles. The molecule has 2 aromatic rings. The van der Waals surface area contributed by atoms with Crippen LogP contribution in [0.5, 0.6) is 17.2 Å². The van der Waals surface area contributed by atoms with E-state index in [1.54, 1.807) is 36.4 Å². The maximum absolute atomic E-state index is 9.83. The molecule has 0 atom stereocenters. The van der Waals surface area contributed by atoms with Crippen molar-refractivity contribution in [3.05, 3.63) is 42.5 Å². The highest BCUT2D eigenvalue weighted by Crippen LogP contribution is 2.37. The van der Waals surface area contributed by atoms with E-state index < -0.39 is 0 Å². The van der Waals surface area contributed by atoms with Crippen LogP contribution >= 0.6 is 0 Å². The first-order chi connectivity index (χ1) is 8.72. The number of hydrogen-bond acceptors (Lipinski definition) is 3. The van der Waals surface area contributed by atoms with Crippen molar-refractivity contribution in [2.45, 2.75) is 0 Å². The van der Waals surface area contributed by atoms with Crippen LogP contribution in [0.3, 0.4) is 0 Å². The van der Waals surface area contributed by atoms with E-state index in [9.17, 15) is 10.2 Å². The summed E-state index contributed by atoms with van der Waals surface area (Å²) in [6.45, 7) is 0.158. The molecule has 0 unspecified atom stereocenters. The second-order valence-corrected chi connectivity index (χ2v) is 3.69. The predicted octanol–water partition coefficient (Wildman–Crippen LogP) is 2.78. The third-order valence-corrected chi connectivity index (χ3v) is 2.48. The third-order valence-electron chi connectivity index (χ3n) is 2.48. The topological polar surface area (TPSA) is 49.7 Å². The number of aromatic hydroxyl groups is 2. The van der Waals surface area contributed by atoms with Crippen LogP contribution in [0.25, 0.3) is 11.1 Å². The molecule has 0 radical (unpaired) electrons. The Hall–Kier alpha value is -2.60. The molecular weight excluding hydrogens is 228 g/mol. The molecule has 2 aromatic carbocycles. The van der Waals surface area contributed by atoms with Crippen LogP contribution in [0.1, 0.15) is 0 Å². The third kappa shape index (κ3) is 2.38.